The quantitative estimate of drug-likeness (QED) is 0.623. The van der Waals surface area contributed by atoms with E-state index in [1.165, 1.54) is 11.6 Å². The lowest BCUT2D eigenvalue weighted by Gasteiger charge is -2.30. The van der Waals surface area contributed by atoms with Crippen LogP contribution in [0.25, 0.3) is 0 Å². The van der Waals surface area contributed by atoms with Crippen LogP contribution in [0.1, 0.15) is 31.9 Å². The highest BCUT2D eigenvalue weighted by molar-refractivity contribution is 7.90. The Bertz CT molecular complexity index is 1030. The van der Waals surface area contributed by atoms with Crippen LogP contribution in [0.2, 0.25) is 0 Å². The first-order valence-corrected chi connectivity index (χ1v) is 12.1. The Morgan fingerprint density at radius 1 is 1.06 bits per heavy atom. The van der Waals surface area contributed by atoms with E-state index in [0.717, 1.165) is 19.5 Å². The van der Waals surface area contributed by atoms with Gasteiger partial charge in [-0.1, -0.05) is 56.3 Å². The SMILES string of the molecule is CCN(CC)C(CNC(=O)[C@H](C)N=C1NS(=O)(=O)c2ccccc21)Cc1ccccc1. The third-order valence-electron chi connectivity index (χ3n) is 5.52. The first-order valence-electron chi connectivity index (χ1n) is 10.6. The second-order valence-corrected chi connectivity index (χ2v) is 9.22. The van der Waals surface area contributed by atoms with Gasteiger partial charge in [0.05, 0.1) is 4.90 Å². The summed E-state index contributed by atoms with van der Waals surface area (Å²) in [5, 5.41) is 3.01. The van der Waals surface area contributed by atoms with Crippen molar-refractivity contribution >= 4 is 21.8 Å². The van der Waals surface area contributed by atoms with E-state index >= 15 is 0 Å². The average Bonchev–Trinajstić information content (AvgIpc) is 3.03. The van der Waals surface area contributed by atoms with Gasteiger partial charge >= 0.3 is 0 Å². The molecule has 2 atom stereocenters. The highest BCUT2D eigenvalue weighted by Gasteiger charge is 2.31. The van der Waals surface area contributed by atoms with E-state index in [2.05, 4.69) is 45.9 Å². The molecule has 2 aromatic rings. The molecule has 0 fully saturated rings. The van der Waals surface area contributed by atoms with E-state index in [-0.39, 0.29) is 22.7 Å². The smallest absolute Gasteiger partial charge is 0.263 e. The summed E-state index contributed by atoms with van der Waals surface area (Å²) in [5.41, 5.74) is 1.71. The Kier molecular flexibility index (Phi) is 7.46. The van der Waals surface area contributed by atoms with Crippen LogP contribution in [0.15, 0.2) is 64.5 Å². The topological polar surface area (TPSA) is 90.9 Å². The summed E-state index contributed by atoms with van der Waals surface area (Å²) in [7, 11) is -3.62. The van der Waals surface area contributed by atoms with Gasteiger partial charge in [0.15, 0.2) is 0 Å². The predicted octanol–water partition coefficient (Wildman–Crippen LogP) is 2.18. The maximum Gasteiger partial charge on any atom is 0.263 e. The van der Waals surface area contributed by atoms with Gasteiger partial charge in [0.2, 0.25) is 5.91 Å². The van der Waals surface area contributed by atoms with E-state index in [4.69, 9.17) is 0 Å². The molecule has 7 nitrogen and oxygen atoms in total. The van der Waals surface area contributed by atoms with Crippen LogP contribution < -0.4 is 10.0 Å². The van der Waals surface area contributed by atoms with Gasteiger partial charge in [-0.15, -0.1) is 0 Å². The molecule has 8 heteroatoms. The zero-order valence-electron chi connectivity index (χ0n) is 18.2. The Balaban J connectivity index is 1.69. The number of likely N-dealkylation sites (N-methyl/N-ethyl adjacent to an activating group) is 1. The molecule has 1 aliphatic heterocycles. The molecule has 1 aliphatic rings. The highest BCUT2D eigenvalue weighted by atomic mass is 32.2. The van der Waals surface area contributed by atoms with Crippen LogP contribution in [0.4, 0.5) is 0 Å². The summed E-state index contributed by atoms with van der Waals surface area (Å²) < 4.78 is 26.9. The summed E-state index contributed by atoms with van der Waals surface area (Å²) in [6.45, 7) is 8.16. The fraction of sp³-hybridized carbons (Fsp3) is 0.391. The molecule has 0 aliphatic carbocycles. The van der Waals surface area contributed by atoms with Crippen molar-refractivity contribution in [3.05, 3.63) is 65.7 Å². The highest BCUT2D eigenvalue weighted by Crippen LogP contribution is 2.22. The molecule has 1 unspecified atom stereocenters. The van der Waals surface area contributed by atoms with E-state index in [1.54, 1.807) is 25.1 Å². The van der Waals surface area contributed by atoms with Crippen molar-refractivity contribution in [1.82, 2.24) is 14.9 Å². The number of nitrogens with zero attached hydrogens (tertiary/aromatic N) is 2. The fourth-order valence-corrected chi connectivity index (χ4v) is 5.04. The minimum Gasteiger partial charge on any atom is -0.353 e. The van der Waals surface area contributed by atoms with Crippen molar-refractivity contribution in [2.75, 3.05) is 19.6 Å². The number of fused-ring (bicyclic) bond motifs is 1. The van der Waals surface area contributed by atoms with E-state index in [9.17, 15) is 13.2 Å². The number of hydrogen-bond donors (Lipinski definition) is 2. The van der Waals surface area contributed by atoms with Gasteiger partial charge in [0.1, 0.15) is 11.9 Å². The van der Waals surface area contributed by atoms with E-state index < -0.39 is 16.1 Å². The molecular weight excluding hydrogens is 412 g/mol. The van der Waals surface area contributed by atoms with Crippen molar-refractivity contribution in [3.63, 3.8) is 0 Å². The van der Waals surface area contributed by atoms with Crippen LogP contribution >= 0.6 is 0 Å². The maximum atomic E-state index is 12.7. The van der Waals surface area contributed by atoms with Crippen molar-refractivity contribution in [2.45, 2.75) is 44.2 Å². The summed E-state index contributed by atoms with van der Waals surface area (Å²) in [6, 6.07) is 16.3. The van der Waals surface area contributed by atoms with Crippen molar-refractivity contribution in [1.29, 1.82) is 0 Å². The standard InChI is InChI=1S/C23H30N4O3S/c1-4-27(5-2)19(15-18-11-7-6-8-12-18)16-24-23(28)17(3)25-22-20-13-9-10-14-21(20)31(29,30)26-22/h6-14,17,19H,4-5,15-16H2,1-3H3,(H,24,28)(H,25,26)/t17-,19?/m0/s1. The molecule has 0 saturated heterocycles. The molecule has 0 bridgehead atoms. The number of aliphatic imine (C=N–C) groups is 1. The first kappa shape index (κ1) is 23.0. The third kappa shape index (κ3) is 5.51. The Hall–Kier alpha value is -2.71. The number of nitrogens with one attached hydrogen (secondary N) is 2. The first-order chi connectivity index (χ1) is 14.9. The molecule has 1 amide bonds. The number of amidine groups is 1. The molecule has 0 spiro atoms. The van der Waals surface area contributed by atoms with Gasteiger partial charge in [0, 0.05) is 18.2 Å². The summed E-state index contributed by atoms with van der Waals surface area (Å²) in [4.78, 5) is 19.6. The molecular formula is C23H30N4O3S. The average molecular weight is 443 g/mol. The molecule has 166 valence electrons. The number of carbonyl (C=O) groups excluding carboxylic acids is 1. The van der Waals surface area contributed by atoms with Crippen LogP contribution in [0.5, 0.6) is 0 Å². The van der Waals surface area contributed by atoms with Crippen molar-refractivity contribution in [3.8, 4) is 0 Å². The van der Waals surface area contributed by atoms with Gasteiger partial charge in [-0.25, -0.2) is 8.42 Å². The fourth-order valence-electron chi connectivity index (χ4n) is 3.80. The minimum absolute atomic E-state index is 0.159. The zero-order valence-corrected chi connectivity index (χ0v) is 19.0. The monoisotopic (exact) mass is 442 g/mol. The molecule has 2 aromatic carbocycles. The molecule has 0 aromatic heterocycles. The van der Waals surface area contributed by atoms with E-state index in [0.29, 0.717) is 12.1 Å². The van der Waals surface area contributed by atoms with Crippen molar-refractivity contribution in [2.24, 2.45) is 4.99 Å². The lowest BCUT2D eigenvalue weighted by Crippen LogP contribution is -2.46. The van der Waals surface area contributed by atoms with Crippen LogP contribution in [0.3, 0.4) is 0 Å². The number of carbonyl (C=O) groups is 1. The van der Waals surface area contributed by atoms with E-state index in [1.807, 2.05) is 18.2 Å². The molecule has 3 rings (SSSR count). The van der Waals surface area contributed by atoms with Crippen LogP contribution in [-0.4, -0.2) is 56.8 Å². The molecule has 0 radical (unpaired) electrons. The number of benzene rings is 2. The lowest BCUT2D eigenvalue weighted by molar-refractivity contribution is -0.122. The molecule has 1 heterocycles. The Morgan fingerprint density at radius 2 is 1.71 bits per heavy atom. The number of rotatable bonds is 9. The summed E-state index contributed by atoms with van der Waals surface area (Å²) in [5.74, 6) is -0.0240. The predicted molar refractivity (Wildman–Crippen MR) is 123 cm³/mol. The molecule has 31 heavy (non-hydrogen) atoms. The Labute approximate surface area is 184 Å². The van der Waals surface area contributed by atoms with Gasteiger partial charge in [-0.2, -0.15) is 0 Å². The molecule has 0 saturated carbocycles. The maximum absolute atomic E-state index is 12.7. The number of amides is 1. The normalized spacial score (nSPS) is 17.7. The second kappa shape index (κ2) is 10.1. The van der Waals surface area contributed by atoms with Crippen molar-refractivity contribution < 1.29 is 13.2 Å². The van der Waals surface area contributed by atoms with Crippen LogP contribution in [-0.2, 0) is 21.2 Å². The number of sulfonamides is 1. The zero-order chi connectivity index (χ0) is 22.4. The lowest BCUT2D eigenvalue weighted by atomic mass is 10.0. The third-order valence-corrected chi connectivity index (χ3v) is 6.92. The van der Waals surface area contributed by atoms with Gasteiger partial charge in [-0.3, -0.25) is 19.4 Å². The van der Waals surface area contributed by atoms with Crippen LogP contribution in [0, 0.1) is 0 Å². The Morgan fingerprint density at radius 3 is 2.39 bits per heavy atom. The minimum atomic E-state index is -3.62. The largest absolute Gasteiger partial charge is 0.353 e. The summed E-state index contributed by atoms with van der Waals surface area (Å²) >= 11 is 0. The second-order valence-electron chi connectivity index (χ2n) is 7.57. The number of hydrogen-bond acceptors (Lipinski definition) is 5. The van der Waals surface area contributed by atoms with Gasteiger partial charge < -0.3 is 5.32 Å². The summed E-state index contributed by atoms with van der Waals surface area (Å²) in [6.07, 6.45) is 0.832. The van der Waals surface area contributed by atoms with Gasteiger partial charge in [0.25, 0.3) is 10.0 Å². The molecule has 2 N–H and O–H groups in total. The van der Waals surface area contributed by atoms with Gasteiger partial charge in [-0.05, 0) is 44.1 Å².